The third-order valence-electron chi connectivity index (χ3n) is 3.90. The van der Waals surface area contributed by atoms with E-state index in [2.05, 4.69) is 5.32 Å². The van der Waals surface area contributed by atoms with Crippen LogP contribution in [0, 0.1) is 6.92 Å². The van der Waals surface area contributed by atoms with Crippen molar-refractivity contribution in [3.8, 4) is 5.75 Å². The second-order valence-corrected chi connectivity index (χ2v) is 5.54. The van der Waals surface area contributed by atoms with Crippen LogP contribution in [-0.2, 0) is 4.74 Å². The fourth-order valence-electron chi connectivity index (χ4n) is 2.71. The van der Waals surface area contributed by atoms with E-state index in [1.54, 1.807) is 25.3 Å². The van der Waals surface area contributed by atoms with E-state index in [4.69, 9.17) is 4.74 Å². The lowest BCUT2D eigenvalue weighted by molar-refractivity contribution is 0.0678. The summed E-state index contributed by atoms with van der Waals surface area (Å²) in [4.78, 5) is 14.6. The summed E-state index contributed by atoms with van der Waals surface area (Å²) in [6, 6.07) is 5.23. The van der Waals surface area contributed by atoms with Gasteiger partial charge in [0, 0.05) is 31.8 Å². The molecule has 1 aliphatic rings. The van der Waals surface area contributed by atoms with Gasteiger partial charge in [-0.05, 0) is 50.1 Å². The normalized spacial score (nSPS) is 17.9. The van der Waals surface area contributed by atoms with Gasteiger partial charge in [0.2, 0.25) is 0 Å². The number of aryl methyl sites for hydroxylation is 1. The van der Waals surface area contributed by atoms with Crippen LogP contribution < -0.4 is 5.32 Å². The number of aromatic hydroxyl groups is 1. The highest BCUT2D eigenvalue weighted by Crippen LogP contribution is 2.18. The van der Waals surface area contributed by atoms with Gasteiger partial charge in [0.05, 0.1) is 6.61 Å². The highest BCUT2D eigenvalue weighted by atomic mass is 16.5. The first kappa shape index (κ1) is 15.8. The first-order valence-electron chi connectivity index (χ1n) is 7.43. The first-order valence-corrected chi connectivity index (χ1v) is 7.43. The fraction of sp³-hybridized carbons (Fsp3) is 0.562. The van der Waals surface area contributed by atoms with E-state index in [1.807, 2.05) is 11.8 Å². The summed E-state index contributed by atoms with van der Waals surface area (Å²) >= 11 is 0. The van der Waals surface area contributed by atoms with E-state index in [1.165, 1.54) is 0 Å². The van der Waals surface area contributed by atoms with Crippen LogP contribution in [0.2, 0.25) is 0 Å². The Morgan fingerprint density at radius 3 is 2.95 bits per heavy atom. The number of nitrogens with zero attached hydrogens (tertiary/aromatic N) is 1. The predicted molar refractivity (Wildman–Crippen MR) is 81.6 cm³/mol. The molecule has 0 aromatic heterocycles. The molecule has 1 amide bonds. The van der Waals surface area contributed by atoms with Crippen LogP contribution >= 0.6 is 0 Å². The summed E-state index contributed by atoms with van der Waals surface area (Å²) < 4.78 is 5.12. The lowest BCUT2D eigenvalue weighted by atomic mass is 10.1. The smallest absolute Gasteiger partial charge is 0.254 e. The average Bonchev–Trinajstić information content (AvgIpc) is 2.95. The van der Waals surface area contributed by atoms with Crippen molar-refractivity contribution in [1.29, 1.82) is 0 Å². The molecule has 0 bridgehead atoms. The Hall–Kier alpha value is -1.59. The van der Waals surface area contributed by atoms with Gasteiger partial charge in [-0.2, -0.15) is 0 Å². The molecule has 1 heterocycles. The van der Waals surface area contributed by atoms with Gasteiger partial charge in [-0.25, -0.2) is 0 Å². The Morgan fingerprint density at radius 2 is 2.33 bits per heavy atom. The molecule has 1 unspecified atom stereocenters. The Morgan fingerprint density at radius 1 is 1.52 bits per heavy atom. The molecule has 5 nitrogen and oxygen atoms in total. The minimum absolute atomic E-state index is 0.00162. The van der Waals surface area contributed by atoms with Crippen LogP contribution in [0.15, 0.2) is 18.2 Å². The van der Waals surface area contributed by atoms with Crippen molar-refractivity contribution >= 4 is 5.91 Å². The van der Waals surface area contributed by atoms with Gasteiger partial charge < -0.3 is 20.1 Å². The fourth-order valence-corrected chi connectivity index (χ4v) is 2.71. The standard InChI is InChI=1S/C16H24N2O3/c1-12-10-14(19)5-6-15(12)16(20)18(8-9-21-2)11-13-4-3-7-17-13/h5-6,10,13,17,19H,3-4,7-9,11H2,1-2H3. The molecule has 2 rings (SSSR count). The number of methoxy groups -OCH3 is 1. The second kappa shape index (κ2) is 7.43. The van der Waals surface area contributed by atoms with Gasteiger partial charge in [-0.1, -0.05) is 0 Å². The van der Waals surface area contributed by atoms with Crippen molar-refractivity contribution in [2.24, 2.45) is 0 Å². The van der Waals surface area contributed by atoms with Gasteiger partial charge in [0.1, 0.15) is 5.75 Å². The van der Waals surface area contributed by atoms with Gasteiger partial charge in [0.25, 0.3) is 5.91 Å². The van der Waals surface area contributed by atoms with Crippen molar-refractivity contribution in [2.75, 3.05) is 33.4 Å². The van der Waals surface area contributed by atoms with Gasteiger partial charge >= 0.3 is 0 Å². The lowest BCUT2D eigenvalue weighted by Crippen LogP contribution is -2.42. The quantitative estimate of drug-likeness (QED) is 0.835. The van der Waals surface area contributed by atoms with E-state index in [-0.39, 0.29) is 11.7 Å². The number of hydrogen-bond acceptors (Lipinski definition) is 4. The van der Waals surface area contributed by atoms with Gasteiger partial charge in [0.15, 0.2) is 0 Å². The number of benzene rings is 1. The number of carbonyl (C=O) groups is 1. The van der Waals surface area contributed by atoms with Crippen molar-refractivity contribution in [1.82, 2.24) is 10.2 Å². The van der Waals surface area contributed by atoms with E-state index in [0.29, 0.717) is 31.3 Å². The molecule has 0 radical (unpaired) electrons. The maximum atomic E-state index is 12.7. The Bertz CT molecular complexity index is 484. The van der Waals surface area contributed by atoms with E-state index < -0.39 is 0 Å². The largest absolute Gasteiger partial charge is 0.508 e. The number of amides is 1. The zero-order valence-corrected chi connectivity index (χ0v) is 12.8. The zero-order chi connectivity index (χ0) is 15.2. The Labute approximate surface area is 125 Å². The summed E-state index contributed by atoms with van der Waals surface area (Å²) in [5, 5.41) is 12.9. The third-order valence-corrected chi connectivity index (χ3v) is 3.90. The molecule has 21 heavy (non-hydrogen) atoms. The third kappa shape index (κ3) is 4.19. The first-order chi connectivity index (χ1) is 10.1. The van der Waals surface area contributed by atoms with Gasteiger partial charge in [-0.3, -0.25) is 4.79 Å². The van der Waals surface area contributed by atoms with Crippen molar-refractivity contribution < 1.29 is 14.6 Å². The maximum absolute atomic E-state index is 12.7. The molecule has 0 saturated carbocycles. The number of ether oxygens (including phenoxy) is 1. The van der Waals surface area contributed by atoms with Crippen molar-refractivity contribution in [2.45, 2.75) is 25.8 Å². The summed E-state index contributed by atoms with van der Waals surface area (Å²) in [6.07, 6.45) is 2.26. The molecule has 1 aromatic rings. The highest BCUT2D eigenvalue weighted by Gasteiger charge is 2.23. The average molecular weight is 292 g/mol. The highest BCUT2D eigenvalue weighted by molar-refractivity contribution is 5.95. The summed E-state index contributed by atoms with van der Waals surface area (Å²) in [5.74, 6) is 0.184. The molecular formula is C16H24N2O3. The van der Waals surface area contributed by atoms with Crippen LogP contribution in [0.4, 0.5) is 0 Å². The summed E-state index contributed by atoms with van der Waals surface area (Å²) in [5.41, 5.74) is 1.43. The molecular weight excluding hydrogens is 268 g/mol. The molecule has 2 N–H and O–H groups in total. The lowest BCUT2D eigenvalue weighted by Gasteiger charge is -2.26. The van der Waals surface area contributed by atoms with Crippen LogP contribution in [-0.4, -0.2) is 55.3 Å². The number of rotatable bonds is 6. The van der Waals surface area contributed by atoms with Crippen LogP contribution in [0.3, 0.4) is 0 Å². The predicted octanol–water partition coefficient (Wildman–Crippen LogP) is 1.54. The van der Waals surface area contributed by atoms with Crippen LogP contribution in [0.25, 0.3) is 0 Å². The van der Waals surface area contributed by atoms with Crippen molar-refractivity contribution in [3.05, 3.63) is 29.3 Å². The van der Waals surface area contributed by atoms with E-state index in [0.717, 1.165) is 24.9 Å². The van der Waals surface area contributed by atoms with E-state index >= 15 is 0 Å². The molecule has 0 spiro atoms. The van der Waals surface area contributed by atoms with Crippen LogP contribution in [0.5, 0.6) is 5.75 Å². The molecule has 1 saturated heterocycles. The van der Waals surface area contributed by atoms with Crippen LogP contribution in [0.1, 0.15) is 28.8 Å². The summed E-state index contributed by atoms with van der Waals surface area (Å²) in [7, 11) is 1.64. The summed E-state index contributed by atoms with van der Waals surface area (Å²) in [6.45, 7) is 4.66. The Kier molecular flexibility index (Phi) is 5.59. The monoisotopic (exact) mass is 292 g/mol. The number of phenolic OH excluding ortho intramolecular Hbond substituents is 1. The van der Waals surface area contributed by atoms with Crippen molar-refractivity contribution in [3.63, 3.8) is 0 Å². The SMILES string of the molecule is COCCN(CC1CCCN1)C(=O)c1ccc(O)cc1C. The molecule has 5 heteroatoms. The number of carbonyl (C=O) groups excluding carboxylic acids is 1. The molecule has 1 atom stereocenters. The molecule has 1 fully saturated rings. The van der Waals surface area contributed by atoms with Gasteiger partial charge in [-0.15, -0.1) is 0 Å². The molecule has 1 aromatic carbocycles. The topological polar surface area (TPSA) is 61.8 Å². The maximum Gasteiger partial charge on any atom is 0.254 e. The Balaban J connectivity index is 2.11. The minimum Gasteiger partial charge on any atom is -0.508 e. The molecule has 0 aliphatic carbocycles. The molecule has 116 valence electrons. The number of phenols is 1. The number of hydrogen-bond donors (Lipinski definition) is 2. The van der Waals surface area contributed by atoms with E-state index in [9.17, 15) is 9.90 Å². The zero-order valence-electron chi connectivity index (χ0n) is 12.8. The number of nitrogens with one attached hydrogen (secondary N) is 1. The molecule has 1 aliphatic heterocycles. The minimum atomic E-state index is -0.00162. The second-order valence-electron chi connectivity index (χ2n) is 5.54.